The van der Waals surface area contributed by atoms with E-state index in [0.29, 0.717) is 0 Å². The monoisotopic (exact) mass is 581 g/mol. The molecule has 0 unspecified atom stereocenters. The third-order valence-electron chi connectivity index (χ3n) is 8.22. The van der Waals surface area contributed by atoms with E-state index in [9.17, 15) is 0 Å². The van der Waals surface area contributed by atoms with Gasteiger partial charge in [-0.15, -0.1) is 11.3 Å². The van der Waals surface area contributed by atoms with Gasteiger partial charge in [-0.1, -0.05) is 30.3 Å². The lowest BCUT2D eigenvalue weighted by atomic mass is 10.0. The lowest BCUT2D eigenvalue weighted by molar-refractivity contribution is 1.18. The lowest BCUT2D eigenvalue weighted by Gasteiger charge is -2.12. The molecule has 0 radical (unpaired) electrons. The SMILES string of the molecule is c1cncc(-c2cc(-c3ccc(-n4c5cccnc5c5ccc6sc7ccccc7c6c54)cc3)cc(-c3cccnc3)n2)c1. The summed E-state index contributed by atoms with van der Waals surface area (Å²) in [6.07, 6.45) is 9.16. The molecule has 206 valence electrons. The fraction of sp³-hybridized carbons (Fsp3) is 0. The highest BCUT2D eigenvalue weighted by Gasteiger charge is 2.19. The van der Waals surface area contributed by atoms with E-state index in [0.717, 1.165) is 55.7 Å². The molecule has 0 saturated carbocycles. The molecule has 0 atom stereocenters. The van der Waals surface area contributed by atoms with Crippen molar-refractivity contribution in [2.45, 2.75) is 0 Å². The van der Waals surface area contributed by atoms with E-state index < -0.39 is 0 Å². The Bertz CT molecular complexity index is 2420. The number of benzene rings is 3. The van der Waals surface area contributed by atoms with Crippen LogP contribution in [0, 0.1) is 0 Å². The van der Waals surface area contributed by atoms with Gasteiger partial charge in [-0.2, -0.15) is 0 Å². The molecule has 6 heteroatoms. The number of hydrogen-bond donors (Lipinski definition) is 0. The topological polar surface area (TPSA) is 56.5 Å². The first kappa shape index (κ1) is 24.8. The van der Waals surface area contributed by atoms with Crippen molar-refractivity contribution in [2.24, 2.45) is 0 Å². The first-order valence-corrected chi connectivity index (χ1v) is 15.3. The third kappa shape index (κ3) is 3.92. The van der Waals surface area contributed by atoms with Gasteiger partial charge in [0.1, 0.15) is 0 Å². The van der Waals surface area contributed by atoms with E-state index >= 15 is 0 Å². The van der Waals surface area contributed by atoms with Gasteiger partial charge >= 0.3 is 0 Å². The maximum absolute atomic E-state index is 4.98. The third-order valence-corrected chi connectivity index (χ3v) is 9.36. The van der Waals surface area contributed by atoms with E-state index in [-0.39, 0.29) is 0 Å². The van der Waals surface area contributed by atoms with Gasteiger partial charge in [0, 0.05) is 73.4 Å². The maximum Gasteiger partial charge on any atom is 0.0963 e. The van der Waals surface area contributed by atoms with Crippen LogP contribution in [0.1, 0.15) is 0 Å². The molecule has 0 bridgehead atoms. The van der Waals surface area contributed by atoms with Gasteiger partial charge in [0.05, 0.1) is 27.9 Å². The van der Waals surface area contributed by atoms with Gasteiger partial charge in [-0.3, -0.25) is 15.0 Å². The van der Waals surface area contributed by atoms with E-state index in [2.05, 4.69) is 93.4 Å². The van der Waals surface area contributed by atoms with E-state index in [1.807, 2.05) is 60.3 Å². The number of nitrogens with zero attached hydrogens (tertiary/aromatic N) is 5. The van der Waals surface area contributed by atoms with Crippen LogP contribution in [0.15, 0.2) is 140 Å². The van der Waals surface area contributed by atoms with E-state index in [4.69, 9.17) is 9.97 Å². The molecule has 3 aromatic carbocycles. The number of fused-ring (bicyclic) bond motifs is 7. The average molecular weight is 582 g/mol. The van der Waals surface area contributed by atoms with Crippen LogP contribution >= 0.6 is 11.3 Å². The van der Waals surface area contributed by atoms with Crippen LogP contribution in [0.4, 0.5) is 0 Å². The lowest BCUT2D eigenvalue weighted by Crippen LogP contribution is -1.95. The van der Waals surface area contributed by atoms with E-state index in [1.54, 1.807) is 12.4 Å². The van der Waals surface area contributed by atoms with Crippen molar-refractivity contribution in [3.8, 4) is 39.3 Å². The van der Waals surface area contributed by atoms with E-state index in [1.165, 1.54) is 25.7 Å². The van der Waals surface area contributed by atoms with Crippen molar-refractivity contribution in [3.63, 3.8) is 0 Å². The van der Waals surface area contributed by atoms with Crippen LogP contribution in [0.3, 0.4) is 0 Å². The molecule has 6 heterocycles. The molecule has 5 nitrogen and oxygen atoms in total. The molecule has 0 fully saturated rings. The number of hydrogen-bond acceptors (Lipinski definition) is 5. The molecular formula is C38H23N5S. The Kier molecular flexibility index (Phi) is 5.61. The average Bonchev–Trinajstić information content (AvgIpc) is 3.65. The van der Waals surface area contributed by atoms with Crippen molar-refractivity contribution < 1.29 is 0 Å². The van der Waals surface area contributed by atoms with Crippen LogP contribution in [-0.2, 0) is 0 Å². The summed E-state index contributed by atoms with van der Waals surface area (Å²) in [5.41, 5.74) is 10.3. The summed E-state index contributed by atoms with van der Waals surface area (Å²) in [5, 5.41) is 3.72. The normalized spacial score (nSPS) is 11.6. The Labute approximate surface area is 256 Å². The Morgan fingerprint density at radius 3 is 2.00 bits per heavy atom. The molecule has 0 aliphatic carbocycles. The molecular weight excluding hydrogens is 559 g/mol. The zero-order valence-electron chi connectivity index (χ0n) is 23.4. The summed E-state index contributed by atoms with van der Waals surface area (Å²) in [6, 6.07) is 38.4. The molecule has 0 amide bonds. The minimum absolute atomic E-state index is 0.874. The fourth-order valence-corrected chi connectivity index (χ4v) is 7.33. The molecule has 6 aromatic heterocycles. The van der Waals surface area contributed by atoms with Gasteiger partial charge in [-0.25, -0.2) is 4.98 Å². The highest BCUT2D eigenvalue weighted by molar-refractivity contribution is 7.26. The molecule has 0 saturated heterocycles. The van der Waals surface area contributed by atoms with Crippen molar-refractivity contribution >= 4 is 53.4 Å². The predicted octanol–water partition coefficient (Wildman–Crippen LogP) is 9.73. The van der Waals surface area contributed by atoms with Crippen molar-refractivity contribution in [1.29, 1.82) is 0 Å². The molecule has 9 rings (SSSR count). The summed E-state index contributed by atoms with van der Waals surface area (Å²) in [6.45, 7) is 0. The smallest absolute Gasteiger partial charge is 0.0963 e. The fourth-order valence-electron chi connectivity index (χ4n) is 6.22. The zero-order chi connectivity index (χ0) is 29.0. The quantitative estimate of drug-likeness (QED) is 0.208. The largest absolute Gasteiger partial charge is 0.307 e. The molecule has 9 aromatic rings. The standard InChI is InChI=1S/C38H23N5S/c1-2-10-34-29(8-1)36-35(44-34)16-15-30-37-33(9-5-19-41-37)43(38(30)36)28-13-11-24(12-14-28)27-20-31(25-6-3-17-39-22-25)42-32(21-27)26-7-4-18-40-23-26/h1-23H. The molecule has 0 aliphatic rings. The van der Waals surface area contributed by atoms with Crippen LogP contribution in [0.25, 0.3) is 81.4 Å². The van der Waals surface area contributed by atoms with Crippen LogP contribution in [-0.4, -0.2) is 24.5 Å². The Hall–Kier alpha value is -5.72. The first-order valence-electron chi connectivity index (χ1n) is 14.4. The van der Waals surface area contributed by atoms with Gasteiger partial charge in [-0.05, 0) is 90.0 Å². The summed E-state index contributed by atoms with van der Waals surface area (Å²) in [5.74, 6) is 0. The Morgan fingerprint density at radius 1 is 0.545 bits per heavy atom. The predicted molar refractivity (Wildman–Crippen MR) is 181 cm³/mol. The molecule has 0 spiro atoms. The van der Waals surface area contributed by atoms with Crippen LogP contribution in [0.5, 0.6) is 0 Å². The summed E-state index contributed by atoms with van der Waals surface area (Å²) in [4.78, 5) is 18.5. The highest BCUT2D eigenvalue weighted by atomic mass is 32.1. The van der Waals surface area contributed by atoms with Crippen molar-refractivity contribution in [1.82, 2.24) is 24.5 Å². The van der Waals surface area contributed by atoms with Gasteiger partial charge in [0.15, 0.2) is 0 Å². The second-order valence-electron chi connectivity index (χ2n) is 10.8. The molecule has 0 aliphatic heterocycles. The van der Waals surface area contributed by atoms with Gasteiger partial charge in [0.25, 0.3) is 0 Å². The maximum atomic E-state index is 4.98. The second-order valence-corrected chi connectivity index (χ2v) is 11.9. The summed E-state index contributed by atoms with van der Waals surface area (Å²) >= 11 is 1.84. The second kappa shape index (κ2) is 9.93. The number of rotatable bonds is 4. The van der Waals surface area contributed by atoms with Crippen molar-refractivity contribution in [3.05, 3.63) is 140 Å². The van der Waals surface area contributed by atoms with Gasteiger partial charge in [0.2, 0.25) is 0 Å². The zero-order valence-corrected chi connectivity index (χ0v) is 24.2. The van der Waals surface area contributed by atoms with Crippen LogP contribution < -0.4 is 0 Å². The highest BCUT2D eigenvalue weighted by Crippen LogP contribution is 2.42. The van der Waals surface area contributed by atoms with Crippen molar-refractivity contribution in [2.75, 3.05) is 0 Å². The summed E-state index contributed by atoms with van der Waals surface area (Å²) in [7, 11) is 0. The first-order chi connectivity index (χ1) is 21.8. The minimum Gasteiger partial charge on any atom is -0.307 e. The minimum atomic E-state index is 0.874. The summed E-state index contributed by atoms with van der Waals surface area (Å²) < 4.78 is 4.95. The number of aromatic nitrogens is 5. The Morgan fingerprint density at radius 2 is 1.27 bits per heavy atom. The van der Waals surface area contributed by atoms with Crippen LogP contribution in [0.2, 0.25) is 0 Å². The Balaban J connectivity index is 1.25. The molecule has 44 heavy (non-hydrogen) atoms. The molecule has 0 N–H and O–H groups in total. The number of pyridine rings is 4. The number of thiophene rings is 1. The van der Waals surface area contributed by atoms with Gasteiger partial charge < -0.3 is 4.57 Å².